The standard InChI is InChI=1S/C16H13FN4O2/c17-14-7-4-8-15(16(14)21(22)23)18-11-12-9-10-20(19-12)13-5-2-1-3-6-13/h1-10,18H,11H2. The van der Waals surface area contributed by atoms with Crippen LogP contribution < -0.4 is 5.32 Å². The van der Waals surface area contributed by atoms with Crippen LogP contribution in [0.4, 0.5) is 15.8 Å². The fourth-order valence-electron chi connectivity index (χ4n) is 2.21. The Morgan fingerprint density at radius 1 is 1.13 bits per heavy atom. The van der Waals surface area contributed by atoms with Gasteiger partial charge in [0.25, 0.3) is 0 Å². The fraction of sp³-hybridized carbons (Fsp3) is 0.0625. The summed E-state index contributed by atoms with van der Waals surface area (Å²) in [4.78, 5) is 10.2. The third-order valence-electron chi connectivity index (χ3n) is 3.29. The van der Waals surface area contributed by atoms with Crippen molar-refractivity contribution in [3.8, 4) is 5.69 Å². The molecule has 1 N–H and O–H groups in total. The Morgan fingerprint density at radius 2 is 1.91 bits per heavy atom. The second-order valence-electron chi connectivity index (χ2n) is 4.83. The minimum atomic E-state index is -0.866. The summed E-state index contributed by atoms with van der Waals surface area (Å²) in [6.07, 6.45) is 1.80. The summed E-state index contributed by atoms with van der Waals surface area (Å²) in [5, 5.41) is 18.2. The maximum Gasteiger partial charge on any atom is 0.327 e. The second-order valence-corrected chi connectivity index (χ2v) is 4.83. The van der Waals surface area contributed by atoms with Crippen molar-refractivity contribution in [1.82, 2.24) is 9.78 Å². The summed E-state index contributed by atoms with van der Waals surface area (Å²) >= 11 is 0. The zero-order valence-electron chi connectivity index (χ0n) is 12.0. The molecule has 6 nitrogen and oxygen atoms in total. The average molecular weight is 312 g/mol. The Kier molecular flexibility index (Phi) is 4.01. The van der Waals surface area contributed by atoms with Crippen LogP contribution in [0.3, 0.4) is 0 Å². The predicted octanol–water partition coefficient (Wildman–Crippen LogP) is 3.53. The molecule has 0 spiro atoms. The molecule has 0 bridgehead atoms. The summed E-state index contributed by atoms with van der Waals surface area (Å²) in [6, 6.07) is 15.3. The first-order chi connectivity index (χ1) is 11.1. The van der Waals surface area contributed by atoms with E-state index >= 15 is 0 Å². The number of nitrogens with one attached hydrogen (secondary N) is 1. The highest BCUT2D eigenvalue weighted by Crippen LogP contribution is 2.27. The van der Waals surface area contributed by atoms with E-state index in [1.165, 1.54) is 12.1 Å². The predicted molar refractivity (Wildman–Crippen MR) is 83.9 cm³/mol. The van der Waals surface area contributed by atoms with Gasteiger partial charge in [-0.2, -0.15) is 9.49 Å². The first kappa shape index (κ1) is 14.7. The molecule has 3 aromatic rings. The van der Waals surface area contributed by atoms with Crippen molar-refractivity contribution < 1.29 is 9.31 Å². The molecule has 23 heavy (non-hydrogen) atoms. The zero-order valence-corrected chi connectivity index (χ0v) is 12.0. The van der Waals surface area contributed by atoms with Crippen LogP contribution in [0.5, 0.6) is 0 Å². The van der Waals surface area contributed by atoms with Gasteiger partial charge in [0.2, 0.25) is 5.82 Å². The van der Waals surface area contributed by atoms with E-state index < -0.39 is 16.4 Å². The van der Waals surface area contributed by atoms with Crippen molar-refractivity contribution in [1.29, 1.82) is 0 Å². The summed E-state index contributed by atoms with van der Waals surface area (Å²) in [6.45, 7) is 0.254. The van der Waals surface area contributed by atoms with Gasteiger partial charge in [0.1, 0.15) is 5.69 Å². The van der Waals surface area contributed by atoms with Gasteiger partial charge in [0, 0.05) is 6.20 Å². The Morgan fingerprint density at radius 3 is 2.65 bits per heavy atom. The number of para-hydroxylation sites is 2. The maximum atomic E-state index is 13.6. The van der Waals surface area contributed by atoms with Crippen LogP contribution in [0.25, 0.3) is 5.69 Å². The van der Waals surface area contributed by atoms with Crippen LogP contribution in [-0.4, -0.2) is 14.7 Å². The third kappa shape index (κ3) is 3.18. The molecule has 0 saturated heterocycles. The molecule has 0 unspecified atom stereocenters. The smallest absolute Gasteiger partial charge is 0.327 e. The first-order valence-electron chi connectivity index (χ1n) is 6.92. The molecule has 0 aliphatic heterocycles. The maximum absolute atomic E-state index is 13.6. The van der Waals surface area contributed by atoms with Gasteiger partial charge in [-0.3, -0.25) is 10.1 Å². The minimum Gasteiger partial charge on any atom is -0.374 e. The highest BCUT2D eigenvalue weighted by molar-refractivity contribution is 5.61. The number of hydrogen-bond acceptors (Lipinski definition) is 4. The van der Waals surface area contributed by atoms with Crippen LogP contribution in [-0.2, 0) is 6.54 Å². The minimum absolute atomic E-state index is 0.129. The van der Waals surface area contributed by atoms with E-state index in [9.17, 15) is 14.5 Å². The quantitative estimate of drug-likeness (QED) is 0.578. The largest absolute Gasteiger partial charge is 0.374 e. The van der Waals surface area contributed by atoms with Crippen molar-refractivity contribution >= 4 is 11.4 Å². The van der Waals surface area contributed by atoms with Crippen LogP contribution >= 0.6 is 0 Å². The summed E-state index contributed by atoms with van der Waals surface area (Å²) in [5.74, 6) is -0.866. The van der Waals surface area contributed by atoms with Gasteiger partial charge in [0.15, 0.2) is 0 Å². The fourth-order valence-corrected chi connectivity index (χ4v) is 2.21. The van der Waals surface area contributed by atoms with Crippen LogP contribution in [0.15, 0.2) is 60.8 Å². The van der Waals surface area contributed by atoms with Gasteiger partial charge in [-0.25, -0.2) is 4.68 Å². The van der Waals surface area contributed by atoms with Crippen LogP contribution in [0.2, 0.25) is 0 Å². The molecule has 0 aliphatic carbocycles. The Balaban J connectivity index is 1.76. The van der Waals surface area contributed by atoms with E-state index in [-0.39, 0.29) is 12.2 Å². The number of nitro groups is 1. The first-order valence-corrected chi connectivity index (χ1v) is 6.92. The van der Waals surface area contributed by atoms with Crippen LogP contribution in [0, 0.1) is 15.9 Å². The van der Waals surface area contributed by atoms with E-state index in [4.69, 9.17) is 0 Å². The van der Waals surface area contributed by atoms with E-state index in [0.717, 1.165) is 11.8 Å². The molecule has 0 atom stereocenters. The van der Waals surface area contributed by atoms with Crippen molar-refractivity contribution in [3.05, 3.63) is 82.4 Å². The van der Waals surface area contributed by atoms with Crippen molar-refractivity contribution in [2.24, 2.45) is 0 Å². The van der Waals surface area contributed by atoms with Crippen LogP contribution in [0.1, 0.15) is 5.69 Å². The Labute approximate surface area is 131 Å². The van der Waals surface area contributed by atoms with Gasteiger partial charge in [-0.1, -0.05) is 24.3 Å². The normalized spacial score (nSPS) is 10.5. The number of nitrogens with zero attached hydrogens (tertiary/aromatic N) is 3. The molecule has 2 aromatic carbocycles. The zero-order chi connectivity index (χ0) is 16.2. The van der Waals surface area contributed by atoms with Crippen molar-refractivity contribution in [2.45, 2.75) is 6.54 Å². The van der Waals surface area contributed by atoms with Gasteiger partial charge < -0.3 is 5.32 Å². The highest BCUT2D eigenvalue weighted by Gasteiger charge is 2.19. The van der Waals surface area contributed by atoms with Gasteiger partial charge in [-0.05, 0) is 30.3 Å². The number of anilines is 1. The molecule has 116 valence electrons. The SMILES string of the molecule is O=[N+]([O-])c1c(F)cccc1NCc1ccn(-c2ccccc2)n1. The second kappa shape index (κ2) is 6.27. The molecular formula is C16H13FN4O2. The van der Waals surface area contributed by atoms with E-state index in [2.05, 4.69) is 10.4 Å². The van der Waals surface area contributed by atoms with Gasteiger partial charge in [-0.15, -0.1) is 0 Å². The lowest BCUT2D eigenvalue weighted by molar-refractivity contribution is -0.386. The number of rotatable bonds is 5. The Hall–Kier alpha value is -3.22. The molecular weight excluding hydrogens is 299 g/mol. The number of aromatic nitrogens is 2. The third-order valence-corrected chi connectivity index (χ3v) is 3.29. The monoisotopic (exact) mass is 312 g/mol. The average Bonchev–Trinajstić information content (AvgIpc) is 3.02. The number of halogens is 1. The van der Waals surface area contributed by atoms with Gasteiger partial charge >= 0.3 is 5.69 Å². The number of hydrogen-bond donors (Lipinski definition) is 1. The van der Waals surface area contributed by atoms with E-state index in [0.29, 0.717) is 5.69 Å². The number of nitro benzene ring substituents is 1. The molecule has 7 heteroatoms. The lowest BCUT2D eigenvalue weighted by atomic mass is 10.2. The van der Waals surface area contributed by atoms with Crippen molar-refractivity contribution in [3.63, 3.8) is 0 Å². The number of benzene rings is 2. The molecule has 0 amide bonds. The highest BCUT2D eigenvalue weighted by atomic mass is 19.1. The summed E-state index contributed by atoms with van der Waals surface area (Å²) in [7, 11) is 0. The molecule has 0 fully saturated rings. The molecule has 0 saturated carbocycles. The topological polar surface area (TPSA) is 73.0 Å². The summed E-state index contributed by atoms with van der Waals surface area (Å²) in [5.41, 5.74) is 1.17. The molecule has 1 heterocycles. The Bertz CT molecular complexity index is 833. The molecule has 3 rings (SSSR count). The molecule has 0 radical (unpaired) electrons. The summed E-state index contributed by atoms with van der Waals surface area (Å²) < 4.78 is 15.3. The lowest BCUT2D eigenvalue weighted by Gasteiger charge is -2.06. The van der Waals surface area contributed by atoms with Gasteiger partial charge in [0.05, 0.1) is 22.8 Å². The van der Waals surface area contributed by atoms with Crippen molar-refractivity contribution in [2.75, 3.05) is 5.32 Å². The van der Waals surface area contributed by atoms with E-state index in [1.807, 2.05) is 30.3 Å². The molecule has 0 aliphatic rings. The lowest BCUT2D eigenvalue weighted by Crippen LogP contribution is -2.05. The molecule has 1 aromatic heterocycles. The van der Waals surface area contributed by atoms with E-state index in [1.54, 1.807) is 16.9 Å².